The van der Waals surface area contributed by atoms with E-state index in [1.54, 1.807) is 0 Å². The van der Waals surface area contributed by atoms with Crippen molar-refractivity contribution in [1.82, 2.24) is 5.32 Å². The van der Waals surface area contributed by atoms with Crippen molar-refractivity contribution in [1.29, 1.82) is 0 Å². The molecule has 5 nitrogen and oxygen atoms in total. The van der Waals surface area contributed by atoms with E-state index >= 15 is 0 Å². The Labute approximate surface area is 144 Å². The third kappa shape index (κ3) is 3.53. The summed E-state index contributed by atoms with van der Waals surface area (Å²) in [5, 5.41) is 11.2. The number of carboxylic acids is 1. The number of aromatic carboxylic acids is 1. The van der Waals surface area contributed by atoms with Gasteiger partial charge in [-0.25, -0.2) is 4.79 Å². The maximum absolute atomic E-state index is 11.8. The molecule has 0 saturated carbocycles. The van der Waals surface area contributed by atoms with Crippen LogP contribution in [0.4, 0.5) is 0 Å². The van der Waals surface area contributed by atoms with Gasteiger partial charge < -0.3 is 5.11 Å². The second-order valence-corrected chi connectivity index (χ2v) is 6.47. The van der Waals surface area contributed by atoms with Gasteiger partial charge in [0.15, 0.2) is 0 Å². The van der Waals surface area contributed by atoms with Gasteiger partial charge in [-0.1, -0.05) is 0 Å². The van der Waals surface area contributed by atoms with E-state index in [9.17, 15) is 14.4 Å². The van der Waals surface area contributed by atoms with Gasteiger partial charge in [-0.05, 0) is 73.8 Å². The zero-order valence-corrected chi connectivity index (χ0v) is 15.4. The molecule has 0 aliphatic rings. The topological polar surface area (TPSA) is 83.5 Å². The van der Waals surface area contributed by atoms with Gasteiger partial charge in [0.1, 0.15) is 0 Å². The maximum Gasteiger partial charge on any atom is 0.336 e. The van der Waals surface area contributed by atoms with Gasteiger partial charge >= 0.3 is 5.97 Å². The normalized spacial score (nSPS) is 10.0. The van der Waals surface area contributed by atoms with E-state index in [4.69, 9.17) is 5.11 Å². The van der Waals surface area contributed by atoms with Crippen LogP contribution >= 0.6 is 67.8 Å². The summed E-state index contributed by atoms with van der Waals surface area (Å²) in [6.07, 6.45) is 0. The van der Waals surface area contributed by atoms with E-state index < -0.39 is 17.8 Å². The minimum atomic E-state index is -1.11. The van der Waals surface area contributed by atoms with Gasteiger partial charge in [0.05, 0.1) is 11.1 Å². The number of rotatable bonds is 2. The Morgan fingerprint density at radius 2 is 1.56 bits per heavy atom. The molecule has 0 unspecified atom stereocenters. The average Bonchev–Trinajstić information content (AvgIpc) is 2.24. The first kappa shape index (κ1) is 16.1. The van der Waals surface area contributed by atoms with Crippen LogP contribution in [-0.4, -0.2) is 22.9 Å². The Morgan fingerprint density at radius 1 is 1.06 bits per heavy atom. The fourth-order valence-corrected chi connectivity index (χ4v) is 3.58. The SMILES string of the molecule is CC(=O)NC(=O)c1cc(C(=O)O)c(I)c(I)c1I. The van der Waals surface area contributed by atoms with Crippen molar-refractivity contribution in [2.24, 2.45) is 0 Å². The molecule has 2 amide bonds. The number of benzene rings is 1. The first-order valence-corrected chi connectivity index (χ1v) is 7.72. The highest BCUT2D eigenvalue weighted by atomic mass is 127. The summed E-state index contributed by atoms with van der Waals surface area (Å²) in [7, 11) is 0. The van der Waals surface area contributed by atoms with Crippen molar-refractivity contribution in [3.05, 3.63) is 27.9 Å². The lowest BCUT2D eigenvalue weighted by atomic mass is 10.1. The molecule has 0 bridgehead atoms. The van der Waals surface area contributed by atoms with E-state index in [1.807, 2.05) is 67.8 Å². The van der Waals surface area contributed by atoms with E-state index in [-0.39, 0.29) is 11.1 Å². The third-order valence-electron chi connectivity index (χ3n) is 1.91. The summed E-state index contributed by atoms with van der Waals surface area (Å²) in [6, 6.07) is 1.28. The lowest BCUT2D eigenvalue weighted by molar-refractivity contribution is -0.118. The zero-order chi connectivity index (χ0) is 14.0. The van der Waals surface area contributed by atoms with Crippen molar-refractivity contribution in [2.75, 3.05) is 0 Å². The highest BCUT2D eigenvalue weighted by molar-refractivity contribution is 14.1. The first-order valence-electron chi connectivity index (χ1n) is 4.48. The fraction of sp³-hybridized carbons (Fsp3) is 0.100. The largest absolute Gasteiger partial charge is 0.478 e. The second kappa shape index (κ2) is 6.45. The Morgan fingerprint density at radius 3 is 2.00 bits per heavy atom. The quantitative estimate of drug-likeness (QED) is 0.414. The second-order valence-electron chi connectivity index (χ2n) is 3.23. The van der Waals surface area contributed by atoms with Crippen molar-refractivity contribution in [2.45, 2.75) is 6.92 Å². The average molecular weight is 585 g/mol. The van der Waals surface area contributed by atoms with E-state index in [2.05, 4.69) is 5.32 Å². The molecule has 2 N–H and O–H groups in total. The molecule has 1 aromatic rings. The minimum Gasteiger partial charge on any atom is -0.478 e. The molecule has 1 rings (SSSR count). The van der Waals surface area contributed by atoms with Gasteiger partial charge in [0.2, 0.25) is 5.91 Å². The first-order chi connectivity index (χ1) is 8.25. The van der Waals surface area contributed by atoms with Crippen molar-refractivity contribution >= 4 is 85.6 Å². The number of hydrogen-bond donors (Lipinski definition) is 2. The lowest BCUT2D eigenvalue weighted by Crippen LogP contribution is -2.29. The molecular weight excluding hydrogens is 579 g/mol. The van der Waals surface area contributed by atoms with Gasteiger partial charge in [0, 0.05) is 17.6 Å². The molecule has 96 valence electrons. The molecule has 0 fully saturated rings. The third-order valence-corrected chi connectivity index (χ3v) is 7.30. The van der Waals surface area contributed by atoms with Crippen LogP contribution in [0.3, 0.4) is 0 Å². The number of carboxylic acid groups (broad SMARTS) is 1. The van der Waals surface area contributed by atoms with Crippen LogP contribution in [0.25, 0.3) is 0 Å². The predicted octanol–water partition coefficient (Wildman–Crippen LogP) is 2.47. The van der Waals surface area contributed by atoms with E-state index in [1.165, 1.54) is 13.0 Å². The molecule has 0 aromatic heterocycles. The fourth-order valence-electron chi connectivity index (χ4n) is 1.15. The Hall–Kier alpha value is 0.0200. The number of carbonyl (C=O) groups is 3. The molecule has 18 heavy (non-hydrogen) atoms. The van der Waals surface area contributed by atoms with Gasteiger partial charge in [-0.3, -0.25) is 14.9 Å². The molecule has 0 radical (unpaired) electrons. The molecule has 0 saturated heterocycles. The number of nitrogens with one attached hydrogen (secondary N) is 1. The molecular formula is C10H6I3NO4. The monoisotopic (exact) mass is 585 g/mol. The van der Waals surface area contributed by atoms with Gasteiger partial charge in [-0.2, -0.15) is 0 Å². The lowest BCUT2D eigenvalue weighted by Gasteiger charge is -2.10. The molecule has 0 aliphatic carbocycles. The molecule has 8 heteroatoms. The Kier molecular flexibility index (Phi) is 5.76. The predicted molar refractivity (Wildman–Crippen MR) is 89.7 cm³/mol. The Balaban J connectivity index is 3.41. The number of carbonyl (C=O) groups excluding carboxylic acids is 2. The Bertz CT molecular complexity index is 557. The summed E-state index contributed by atoms with van der Waals surface area (Å²) < 4.78 is 1.88. The van der Waals surface area contributed by atoms with Gasteiger partial charge in [-0.15, -0.1) is 0 Å². The summed E-state index contributed by atoms with van der Waals surface area (Å²) >= 11 is 5.85. The summed E-state index contributed by atoms with van der Waals surface area (Å²) in [5.74, 6) is -2.18. The summed E-state index contributed by atoms with van der Waals surface area (Å²) in [5.41, 5.74) is 0.238. The van der Waals surface area contributed by atoms with Crippen LogP contribution in [0.15, 0.2) is 6.07 Å². The van der Waals surface area contributed by atoms with Crippen molar-refractivity contribution in [3.8, 4) is 0 Å². The number of amides is 2. The number of imide groups is 1. The van der Waals surface area contributed by atoms with E-state index in [0.717, 1.165) is 0 Å². The number of hydrogen-bond acceptors (Lipinski definition) is 3. The van der Waals surface area contributed by atoms with Gasteiger partial charge in [0.25, 0.3) is 5.91 Å². The van der Waals surface area contributed by atoms with Crippen molar-refractivity contribution in [3.63, 3.8) is 0 Å². The minimum absolute atomic E-state index is 0.0501. The molecule has 1 aromatic carbocycles. The van der Waals surface area contributed by atoms with E-state index in [0.29, 0.717) is 10.7 Å². The van der Waals surface area contributed by atoms with Crippen LogP contribution in [0, 0.1) is 10.7 Å². The number of halogens is 3. The van der Waals surface area contributed by atoms with Crippen LogP contribution < -0.4 is 5.32 Å². The van der Waals surface area contributed by atoms with Crippen LogP contribution in [0.2, 0.25) is 0 Å². The molecule has 0 atom stereocenters. The summed E-state index contributed by atoms with van der Waals surface area (Å²) in [4.78, 5) is 33.7. The van der Waals surface area contributed by atoms with Crippen LogP contribution in [0.1, 0.15) is 27.6 Å². The highest BCUT2D eigenvalue weighted by Gasteiger charge is 2.21. The van der Waals surface area contributed by atoms with Crippen LogP contribution in [0.5, 0.6) is 0 Å². The highest BCUT2D eigenvalue weighted by Crippen LogP contribution is 2.28. The standard InChI is InChI=1S/C10H6I3NO4/c1-3(15)14-9(16)4-2-5(10(17)18)7(12)8(13)6(4)11/h2H,1H3,(H,17,18)(H,14,15,16). The maximum atomic E-state index is 11.8. The molecule has 0 heterocycles. The zero-order valence-electron chi connectivity index (χ0n) is 8.88. The summed E-state index contributed by atoms with van der Waals surface area (Å²) in [6.45, 7) is 1.22. The molecule has 0 spiro atoms. The van der Waals surface area contributed by atoms with Crippen LogP contribution in [-0.2, 0) is 4.79 Å². The van der Waals surface area contributed by atoms with Crippen molar-refractivity contribution < 1.29 is 19.5 Å². The smallest absolute Gasteiger partial charge is 0.336 e. The molecule has 0 aliphatic heterocycles.